The van der Waals surface area contributed by atoms with Crippen LogP contribution < -0.4 is 5.56 Å². The number of aryl methyl sites for hydroxylation is 1. The first kappa shape index (κ1) is 14.6. The molecule has 0 spiro atoms. The lowest BCUT2D eigenvalue weighted by atomic mass is 10.2. The Kier molecular flexibility index (Phi) is 4.15. The smallest absolute Gasteiger partial charge is 0.288 e. The van der Waals surface area contributed by atoms with Crippen molar-refractivity contribution in [2.24, 2.45) is 0 Å². The Morgan fingerprint density at radius 1 is 1.55 bits per heavy atom. The number of hydrogen-bond donors (Lipinski definition) is 0. The molecule has 0 amide bonds. The molecule has 2 rings (SSSR count). The first-order chi connectivity index (χ1) is 9.40. The lowest BCUT2D eigenvalue weighted by molar-refractivity contribution is -0.385. The highest BCUT2D eigenvalue weighted by Gasteiger charge is 2.17. The molecule has 0 N–H and O–H groups in total. The van der Waals surface area contributed by atoms with Gasteiger partial charge in [-0.05, 0) is 34.3 Å². The van der Waals surface area contributed by atoms with E-state index < -0.39 is 10.5 Å². The molecule has 0 aliphatic carbocycles. The van der Waals surface area contributed by atoms with E-state index in [1.807, 2.05) is 0 Å². The van der Waals surface area contributed by atoms with Crippen LogP contribution in [0.2, 0.25) is 0 Å². The van der Waals surface area contributed by atoms with Crippen molar-refractivity contribution in [3.8, 4) is 0 Å². The van der Waals surface area contributed by atoms with Crippen molar-refractivity contribution in [1.29, 1.82) is 0 Å². The van der Waals surface area contributed by atoms with Gasteiger partial charge < -0.3 is 4.57 Å². The summed E-state index contributed by atoms with van der Waals surface area (Å²) >= 11 is 4.49. The van der Waals surface area contributed by atoms with Gasteiger partial charge in [0.25, 0.3) is 11.2 Å². The summed E-state index contributed by atoms with van der Waals surface area (Å²) in [4.78, 5) is 34.6. The number of halogens is 1. The zero-order chi connectivity index (χ0) is 14.9. The molecule has 0 aromatic carbocycles. The number of nitro groups is 1. The fourth-order valence-electron chi connectivity index (χ4n) is 1.69. The van der Waals surface area contributed by atoms with Crippen molar-refractivity contribution in [1.82, 2.24) is 4.57 Å². The van der Waals surface area contributed by atoms with Crippen molar-refractivity contribution >= 4 is 38.7 Å². The molecule has 0 aliphatic rings. The molecule has 8 heteroatoms. The Morgan fingerprint density at radius 3 is 2.80 bits per heavy atom. The van der Waals surface area contributed by atoms with Gasteiger partial charge >= 0.3 is 0 Å². The second-order valence-corrected chi connectivity index (χ2v) is 5.86. The fraction of sp³-hybridized carbons (Fsp3) is 0.167. The SMILES string of the molecule is Cc1cc(=O)n(CC(=O)c2sccc2Br)cc1[N+](=O)[O-]. The number of thiophene rings is 1. The van der Waals surface area contributed by atoms with Crippen LogP contribution in [0.5, 0.6) is 0 Å². The predicted octanol–water partition coefficient (Wildman–Crippen LogP) is 2.77. The van der Waals surface area contributed by atoms with Crippen molar-refractivity contribution < 1.29 is 9.72 Å². The van der Waals surface area contributed by atoms with E-state index >= 15 is 0 Å². The Bertz CT molecular complexity index is 750. The number of carbonyl (C=O) groups excluding carboxylic acids is 1. The second kappa shape index (κ2) is 5.68. The van der Waals surface area contributed by atoms with E-state index in [1.54, 1.807) is 11.4 Å². The third-order valence-corrected chi connectivity index (χ3v) is 4.57. The summed E-state index contributed by atoms with van der Waals surface area (Å²) in [5, 5.41) is 12.6. The number of nitrogens with zero attached hydrogens (tertiary/aromatic N) is 2. The van der Waals surface area contributed by atoms with Crippen molar-refractivity contribution in [2.45, 2.75) is 13.5 Å². The normalized spacial score (nSPS) is 10.5. The molecule has 104 valence electrons. The van der Waals surface area contributed by atoms with Crippen LogP contribution in [0.1, 0.15) is 15.2 Å². The van der Waals surface area contributed by atoms with Gasteiger partial charge in [-0.3, -0.25) is 19.7 Å². The van der Waals surface area contributed by atoms with Crippen LogP contribution >= 0.6 is 27.3 Å². The molecule has 2 aromatic heterocycles. The van der Waals surface area contributed by atoms with Crippen LogP contribution in [0.3, 0.4) is 0 Å². The number of hydrogen-bond acceptors (Lipinski definition) is 5. The number of carbonyl (C=O) groups is 1. The molecule has 2 aromatic rings. The predicted molar refractivity (Wildman–Crippen MR) is 78.4 cm³/mol. The number of pyridine rings is 1. The van der Waals surface area contributed by atoms with Gasteiger partial charge in [-0.1, -0.05) is 0 Å². The minimum Gasteiger partial charge on any atom is -0.301 e. The van der Waals surface area contributed by atoms with Gasteiger partial charge in [0.15, 0.2) is 5.78 Å². The summed E-state index contributed by atoms with van der Waals surface area (Å²) in [7, 11) is 0. The van der Waals surface area contributed by atoms with Gasteiger partial charge in [-0.15, -0.1) is 11.3 Å². The number of aromatic nitrogens is 1. The van der Waals surface area contributed by atoms with Crippen LogP contribution in [0.15, 0.2) is 33.0 Å². The van der Waals surface area contributed by atoms with Gasteiger partial charge in [0.1, 0.15) is 0 Å². The van der Waals surface area contributed by atoms with Crippen LogP contribution in [0, 0.1) is 17.0 Å². The van der Waals surface area contributed by atoms with Crippen molar-refractivity contribution in [2.75, 3.05) is 0 Å². The molecule has 0 radical (unpaired) electrons. The average molecular weight is 357 g/mol. The lowest BCUT2D eigenvalue weighted by Crippen LogP contribution is -2.24. The van der Waals surface area contributed by atoms with Gasteiger partial charge in [0.05, 0.1) is 22.5 Å². The van der Waals surface area contributed by atoms with Crippen molar-refractivity contribution in [3.63, 3.8) is 0 Å². The highest BCUT2D eigenvalue weighted by Crippen LogP contribution is 2.23. The molecular weight excluding hydrogens is 348 g/mol. The van der Waals surface area contributed by atoms with E-state index in [0.717, 1.165) is 16.8 Å². The molecule has 6 nitrogen and oxygen atoms in total. The summed E-state index contributed by atoms with van der Waals surface area (Å²) in [6, 6.07) is 2.90. The Morgan fingerprint density at radius 2 is 2.25 bits per heavy atom. The molecule has 20 heavy (non-hydrogen) atoms. The maximum atomic E-state index is 12.1. The van der Waals surface area contributed by atoms with Crippen LogP contribution in [-0.4, -0.2) is 15.3 Å². The largest absolute Gasteiger partial charge is 0.301 e. The average Bonchev–Trinajstić information content (AvgIpc) is 2.78. The minimum atomic E-state index is -0.573. The van der Waals surface area contributed by atoms with E-state index in [-0.39, 0.29) is 23.6 Å². The van der Waals surface area contributed by atoms with Gasteiger partial charge in [0.2, 0.25) is 0 Å². The molecule has 2 heterocycles. The van der Waals surface area contributed by atoms with Crippen LogP contribution in [-0.2, 0) is 6.54 Å². The highest BCUT2D eigenvalue weighted by atomic mass is 79.9. The van der Waals surface area contributed by atoms with Crippen LogP contribution in [0.4, 0.5) is 5.69 Å². The first-order valence-corrected chi connectivity index (χ1v) is 7.19. The Hall–Kier alpha value is -1.80. The highest BCUT2D eigenvalue weighted by molar-refractivity contribution is 9.10. The standard InChI is InChI=1S/C12H9BrN2O4S/c1-7-4-11(17)14(5-9(7)15(18)19)6-10(16)12-8(13)2-3-20-12/h2-5H,6H2,1H3. The summed E-state index contributed by atoms with van der Waals surface area (Å²) < 4.78 is 1.71. The monoisotopic (exact) mass is 356 g/mol. The summed E-state index contributed by atoms with van der Waals surface area (Å²) in [5.74, 6) is -0.271. The van der Waals surface area contributed by atoms with E-state index in [9.17, 15) is 19.7 Å². The summed E-state index contributed by atoms with van der Waals surface area (Å²) in [6.07, 6.45) is 1.11. The zero-order valence-corrected chi connectivity index (χ0v) is 12.7. The van der Waals surface area contributed by atoms with E-state index in [0.29, 0.717) is 9.35 Å². The Labute approximate surface area is 125 Å². The Balaban J connectivity index is 2.37. The lowest BCUT2D eigenvalue weighted by Gasteiger charge is -2.05. The molecule has 0 aliphatic heterocycles. The number of ketones is 1. The first-order valence-electron chi connectivity index (χ1n) is 5.52. The molecule has 0 unspecified atom stereocenters. The molecule has 0 bridgehead atoms. The van der Waals surface area contributed by atoms with E-state index in [1.165, 1.54) is 18.3 Å². The third-order valence-electron chi connectivity index (χ3n) is 2.69. The van der Waals surface area contributed by atoms with Gasteiger partial charge in [0, 0.05) is 16.1 Å². The van der Waals surface area contributed by atoms with E-state index in [4.69, 9.17) is 0 Å². The maximum Gasteiger partial charge on any atom is 0.288 e. The quantitative estimate of drug-likeness (QED) is 0.479. The second-order valence-electron chi connectivity index (χ2n) is 4.09. The summed E-state index contributed by atoms with van der Waals surface area (Å²) in [5.41, 5.74) is -0.335. The molecular formula is C12H9BrN2O4S. The molecule has 0 fully saturated rings. The third kappa shape index (κ3) is 2.86. The minimum absolute atomic E-state index is 0.178. The number of rotatable bonds is 4. The van der Waals surface area contributed by atoms with E-state index in [2.05, 4.69) is 15.9 Å². The topological polar surface area (TPSA) is 82.2 Å². The van der Waals surface area contributed by atoms with Crippen molar-refractivity contribution in [3.05, 3.63) is 59.1 Å². The molecule has 0 saturated carbocycles. The summed E-state index contributed by atoms with van der Waals surface area (Å²) in [6.45, 7) is 1.26. The number of Topliss-reactive ketones (excluding diaryl/α,β-unsaturated/α-hetero) is 1. The van der Waals surface area contributed by atoms with Gasteiger partial charge in [-0.2, -0.15) is 0 Å². The van der Waals surface area contributed by atoms with Gasteiger partial charge in [-0.25, -0.2) is 0 Å². The molecule has 0 saturated heterocycles. The fourth-order valence-corrected chi connectivity index (χ4v) is 3.21. The zero-order valence-electron chi connectivity index (χ0n) is 10.3. The van der Waals surface area contributed by atoms with Crippen LogP contribution in [0.25, 0.3) is 0 Å². The maximum absolute atomic E-state index is 12.1. The molecule has 0 atom stereocenters.